The molecule has 1 N–H and O–H groups in total. The Kier molecular flexibility index (Phi) is 6.42. The highest BCUT2D eigenvalue weighted by Crippen LogP contribution is 2.22. The second-order valence-electron chi connectivity index (χ2n) is 4.12. The number of allylic oxidation sites excluding steroid dienone is 3. The monoisotopic (exact) mass is 193 g/mol. The Morgan fingerprint density at radius 2 is 1.93 bits per heavy atom. The normalized spacial score (nSPS) is 19.8. The van der Waals surface area contributed by atoms with Gasteiger partial charge in [0.25, 0.3) is 0 Å². The molecule has 0 aromatic rings. The molecular weight excluding hydrogens is 170 g/mol. The maximum absolute atomic E-state index is 3.49. The van der Waals surface area contributed by atoms with Gasteiger partial charge in [-0.2, -0.15) is 0 Å². The van der Waals surface area contributed by atoms with Crippen LogP contribution >= 0.6 is 0 Å². The molecular formula is C13H23N. The zero-order valence-corrected chi connectivity index (χ0v) is 9.34. The average molecular weight is 193 g/mol. The van der Waals surface area contributed by atoms with Gasteiger partial charge in [-0.25, -0.2) is 0 Å². The Labute approximate surface area is 88.3 Å². The molecule has 1 rings (SSSR count). The average Bonchev–Trinajstić information content (AvgIpc) is 2.25. The molecule has 1 aliphatic carbocycles. The molecule has 1 heteroatoms. The Morgan fingerprint density at radius 3 is 2.64 bits per heavy atom. The molecule has 0 heterocycles. The largest absolute Gasteiger partial charge is 0.313 e. The minimum atomic E-state index is 0.943. The third kappa shape index (κ3) is 5.23. The van der Waals surface area contributed by atoms with Crippen molar-refractivity contribution < 1.29 is 0 Å². The van der Waals surface area contributed by atoms with Crippen LogP contribution < -0.4 is 5.32 Å². The predicted molar refractivity (Wildman–Crippen MR) is 63.4 cm³/mol. The van der Waals surface area contributed by atoms with Crippen molar-refractivity contribution in [2.24, 2.45) is 5.92 Å². The van der Waals surface area contributed by atoms with Crippen LogP contribution in [0, 0.1) is 5.92 Å². The fraction of sp³-hybridized carbons (Fsp3) is 0.692. The van der Waals surface area contributed by atoms with Crippen molar-refractivity contribution in [2.75, 3.05) is 13.1 Å². The van der Waals surface area contributed by atoms with Gasteiger partial charge in [-0.1, -0.05) is 43.6 Å². The summed E-state index contributed by atoms with van der Waals surface area (Å²) in [5, 5.41) is 3.49. The Hall–Kier alpha value is -0.560. The van der Waals surface area contributed by atoms with Crippen molar-refractivity contribution in [3.8, 4) is 0 Å². The van der Waals surface area contributed by atoms with Crippen LogP contribution in [0.1, 0.15) is 39.0 Å². The minimum absolute atomic E-state index is 0.943. The van der Waals surface area contributed by atoms with Crippen LogP contribution in [0.4, 0.5) is 0 Å². The molecule has 0 spiro atoms. The number of rotatable bonds is 5. The Balaban J connectivity index is 1.97. The van der Waals surface area contributed by atoms with E-state index in [0.29, 0.717) is 0 Å². The predicted octanol–water partition coefficient (Wildman–Crippen LogP) is 3.29. The summed E-state index contributed by atoms with van der Waals surface area (Å²) in [6.07, 6.45) is 15.6. The van der Waals surface area contributed by atoms with Gasteiger partial charge in [0.2, 0.25) is 0 Å². The fourth-order valence-corrected chi connectivity index (χ4v) is 2.02. The van der Waals surface area contributed by atoms with Gasteiger partial charge in [0.05, 0.1) is 0 Å². The lowest BCUT2D eigenvalue weighted by Crippen LogP contribution is -2.24. The van der Waals surface area contributed by atoms with E-state index in [1.54, 1.807) is 0 Å². The quantitative estimate of drug-likeness (QED) is 0.522. The van der Waals surface area contributed by atoms with Crippen LogP contribution in [0.5, 0.6) is 0 Å². The van der Waals surface area contributed by atoms with Gasteiger partial charge in [0, 0.05) is 6.54 Å². The lowest BCUT2D eigenvalue weighted by Gasteiger charge is -2.21. The summed E-state index contributed by atoms with van der Waals surface area (Å²) in [6, 6.07) is 0. The van der Waals surface area contributed by atoms with Crippen LogP contribution in [-0.2, 0) is 0 Å². The maximum atomic E-state index is 3.49. The summed E-state index contributed by atoms with van der Waals surface area (Å²) in [4.78, 5) is 0. The van der Waals surface area contributed by atoms with Crippen molar-refractivity contribution in [1.29, 1.82) is 0 Å². The first-order chi connectivity index (χ1) is 6.93. The second kappa shape index (κ2) is 7.81. The van der Waals surface area contributed by atoms with Crippen LogP contribution in [0.15, 0.2) is 24.3 Å². The number of nitrogens with one attached hydrogen (secondary N) is 1. The van der Waals surface area contributed by atoms with Crippen LogP contribution in [0.3, 0.4) is 0 Å². The first kappa shape index (κ1) is 11.5. The molecule has 1 saturated carbocycles. The zero-order valence-electron chi connectivity index (χ0n) is 9.34. The molecule has 0 radical (unpaired) electrons. The van der Waals surface area contributed by atoms with Gasteiger partial charge < -0.3 is 5.32 Å². The molecule has 80 valence electrons. The molecule has 0 bridgehead atoms. The SMILES string of the molecule is C/C=C\C=C/CNCC1CCCCC1. The number of hydrogen-bond donors (Lipinski definition) is 1. The van der Waals surface area contributed by atoms with Crippen LogP contribution in [-0.4, -0.2) is 13.1 Å². The molecule has 1 aliphatic rings. The highest BCUT2D eigenvalue weighted by molar-refractivity contribution is 5.01. The van der Waals surface area contributed by atoms with Gasteiger partial charge in [-0.05, 0) is 32.2 Å². The van der Waals surface area contributed by atoms with Gasteiger partial charge in [0.15, 0.2) is 0 Å². The molecule has 0 unspecified atom stereocenters. The first-order valence-electron chi connectivity index (χ1n) is 5.92. The smallest absolute Gasteiger partial charge is 0.0138 e. The first-order valence-corrected chi connectivity index (χ1v) is 5.92. The van der Waals surface area contributed by atoms with Gasteiger partial charge in [-0.3, -0.25) is 0 Å². The molecule has 0 aromatic carbocycles. The lowest BCUT2D eigenvalue weighted by molar-refractivity contribution is 0.346. The van der Waals surface area contributed by atoms with E-state index >= 15 is 0 Å². The van der Waals surface area contributed by atoms with E-state index in [4.69, 9.17) is 0 Å². The molecule has 0 amide bonds. The van der Waals surface area contributed by atoms with E-state index in [9.17, 15) is 0 Å². The third-order valence-corrected chi connectivity index (χ3v) is 2.86. The van der Waals surface area contributed by atoms with E-state index < -0.39 is 0 Å². The molecule has 1 fully saturated rings. The topological polar surface area (TPSA) is 12.0 Å². The summed E-state index contributed by atoms with van der Waals surface area (Å²) >= 11 is 0. The zero-order chi connectivity index (χ0) is 10.1. The number of hydrogen-bond acceptors (Lipinski definition) is 1. The Morgan fingerprint density at radius 1 is 1.14 bits per heavy atom. The lowest BCUT2D eigenvalue weighted by atomic mass is 9.89. The van der Waals surface area contributed by atoms with Gasteiger partial charge in [-0.15, -0.1) is 0 Å². The van der Waals surface area contributed by atoms with Crippen LogP contribution in [0.2, 0.25) is 0 Å². The van der Waals surface area contributed by atoms with E-state index in [-0.39, 0.29) is 0 Å². The molecule has 0 aromatic heterocycles. The highest BCUT2D eigenvalue weighted by Gasteiger charge is 2.11. The minimum Gasteiger partial charge on any atom is -0.313 e. The van der Waals surface area contributed by atoms with E-state index in [1.807, 2.05) is 6.92 Å². The van der Waals surface area contributed by atoms with Crippen molar-refractivity contribution in [2.45, 2.75) is 39.0 Å². The molecule has 14 heavy (non-hydrogen) atoms. The molecule has 0 aliphatic heterocycles. The van der Waals surface area contributed by atoms with E-state index in [2.05, 4.69) is 29.6 Å². The van der Waals surface area contributed by atoms with Gasteiger partial charge >= 0.3 is 0 Å². The summed E-state index contributed by atoms with van der Waals surface area (Å²) in [6.45, 7) is 4.26. The summed E-state index contributed by atoms with van der Waals surface area (Å²) in [5.74, 6) is 0.943. The fourth-order valence-electron chi connectivity index (χ4n) is 2.02. The van der Waals surface area contributed by atoms with Crippen molar-refractivity contribution >= 4 is 0 Å². The second-order valence-corrected chi connectivity index (χ2v) is 4.12. The Bertz CT molecular complexity index is 176. The molecule has 0 saturated heterocycles. The molecule has 1 nitrogen and oxygen atoms in total. The van der Waals surface area contributed by atoms with Crippen molar-refractivity contribution in [3.63, 3.8) is 0 Å². The van der Waals surface area contributed by atoms with Gasteiger partial charge in [0.1, 0.15) is 0 Å². The maximum Gasteiger partial charge on any atom is 0.0138 e. The summed E-state index contributed by atoms with van der Waals surface area (Å²) in [5.41, 5.74) is 0. The standard InChI is InChI=1S/C13H23N/c1-2-3-4-8-11-14-12-13-9-6-5-7-10-13/h2-4,8,13-14H,5-7,9-12H2,1H3/b3-2-,8-4-. The molecule has 0 atom stereocenters. The highest BCUT2D eigenvalue weighted by atomic mass is 14.8. The summed E-state index contributed by atoms with van der Waals surface area (Å²) < 4.78 is 0. The third-order valence-electron chi connectivity index (χ3n) is 2.86. The van der Waals surface area contributed by atoms with Crippen LogP contribution in [0.25, 0.3) is 0 Å². The summed E-state index contributed by atoms with van der Waals surface area (Å²) in [7, 11) is 0. The van der Waals surface area contributed by atoms with E-state index in [1.165, 1.54) is 38.6 Å². The van der Waals surface area contributed by atoms with E-state index in [0.717, 1.165) is 12.5 Å². The van der Waals surface area contributed by atoms with Crippen molar-refractivity contribution in [1.82, 2.24) is 5.32 Å². The van der Waals surface area contributed by atoms with Crippen molar-refractivity contribution in [3.05, 3.63) is 24.3 Å².